The summed E-state index contributed by atoms with van der Waals surface area (Å²) in [6.45, 7) is 5.02. The molecule has 2 heteroatoms. The number of H-pyrrole nitrogens is 1. The van der Waals surface area contributed by atoms with Crippen LogP contribution in [0.3, 0.4) is 0 Å². The second-order valence-corrected chi connectivity index (χ2v) is 7.41. The Bertz CT molecular complexity index is 686. The van der Waals surface area contributed by atoms with Gasteiger partial charge in [-0.3, -0.25) is 4.90 Å². The van der Waals surface area contributed by atoms with Gasteiger partial charge in [-0.2, -0.15) is 0 Å². The average Bonchev–Trinajstić information content (AvgIpc) is 2.86. The molecule has 6 rings (SSSR count). The maximum absolute atomic E-state index is 3.81. The Morgan fingerprint density at radius 2 is 2.14 bits per heavy atom. The van der Waals surface area contributed by atoms with E-state index in [1.54, 1.807) is 11.3 Å². The van der Waals surface area contributed by atoms with Gasteiger partial charge in [0.15, 0.2) is 0 Å². The minimum absolute atomic E-state index is 0.757. The molecule has 2 aromatic rings. The van der Waals surface area contributed by atoms with Gasteiger partial charge < -0.3 is 4.98 Å². The number of rotatable bonds is 1. The van der Waals surface area contributed by atoms with Crippen LogP contribution in [0.25, 0.3) is 10.9 Å². The van der Waals surface area contributed by atoms with Crippen LogP contribution in [0.15, 0.2) is 24.3 Å². The second-order valence-electron chi connectivity index (χ2n) is 7.41. The SMILES string of the molecule is CC[C@H]1C[C@@H]2C[C@H]3c4[nH]c5ccccc5c4CCN(C2)[C@@H]13. The first-order chi connectivity index (χ1) is 10.3. The smallest absolute Gasteiger partial charge is 0.0459 e. The number of fused-ring (bicyclic) bond motifs is 4. The molecule has 110 valence electrons. The predicted octanol–water partition coefficient (Wildman–Crippen LogP) is 3.93. The fourth-order valence-electron chi connectivity index (χ4n) is 5.65. The van der Waals surface area contributed by atoms with Gasteiger partial charge >= 0.3 is 0 Å². The van der Waals surface area contributed by atoms with E-state index in [0.717, 1.165) is 23.8 Å². The quantitative estimate of drug-likeness (QED) is 0.838. The Morgan fingerprint density at radius 3 is 3.05 bits per heavy atom. The largest absolute Gasteiger partial charge is 0.358 e. The van der Waals surface area contributed by atoms with E-state index in [1.807, 2.05) is 0 Å². The summed E-state index contributed by atoms with van der Waals surface area (Å²) < 4.78 is 0. The lowest BCUT2D eigenvalue weighted by molar-refractivity contribution is -0.0134. The van der Waals surface area contributed by atoms with E-state index < -0.39 is 0 Å². The van der Waals surface area contributed by atoms with Crippen molar-refractivity contribution in [3.63, 3.8) is 0 Å². The van der Waals surface area contributed by atoms with Crippen LogP contribution in [0.5, 0.6) is 0 Å². The molecular weight excluding hydrogens is 256 g/mol. The molecule has 1 saturated carbocycles. The van der Waals surface area contributed by atoms with E-state index in [2.05, 4.69) is 41.1 Å². The van der Waals surface area contributed by atoms with Crippen molar-refractivity contribution in [1.29, 1.82) is 0 Å². The summed E-state index contributed by atoms with van der Waals surface area (Å²) in [6, 6.07) is 9.71. The van der Waals surface area contributed by atoms with Gasteiger partial charge in [0, 0.05) is 41.6 Å². The van der Waals surface area contributed by atoms with Crippen molar-refractivity contribution in [2.45, 2.75) is 44.6 Å². The van der Waals surface area contributed by atoms with Gasteiger partial charge in [0.05, 0.1) is 0 Å². The standard InChI is InChI=1S/C19H24N2/c1-2-13-9-12-10-16-18-15(7-8-21(11-12)19(13)16)14-5-3-4-6-17(14)20-18/h3-6,12-13,16,19-20H,2,7-11H2,1H3/t12-,13+,16+,19+/m1/s1. The predicted molar refractivity (Wildman–Crippen MR) is 86.6 cm³/mol. The minimum atomic E-state index is 0.757. The van der Waals surface area contributed by atoms with E-state index in [1.165, 1.54) is 49.7 Å². The number of aromatic amines is 1. The molecule has 1 aromatic heterocycles. The minimum Gasteiger partial charge on any atom is -0.358 e. The molecule has 5 atom stereocenters. The number of nitrogens with one attached hydrogen (secondary N) is 1. The molecule has 4 heterocycles. The zero-order chi connectivity index (χ0) is 14.0. The highest BCUT2D eigenvalue weighted by Gasteiger charge is 2.48. The molecule has 4 bridgehead atoms. The summed E-state index contributed by atoms with van der Waals surface area (Å²) >= 11 is 0. The first-order valence-electron chi connectivity index (χ1n) is 8.68. The monoisotopic (exact) mass is 280 g/mol. The molecule has 0 radical (unpaired) electrons. The lowest BCUT2D eigenvalue weighted by Crippen LogP contribution is -2.56. The summed E-state index contributed by atoms with van der Waals surface area (Å²) in [4.78, 5) is 6.65. The molecule has 3 aliphatic heterocycles. The van der Waals surface area contributed by atoms with Crippen LogP contribution < -0.4 is 0 Å². The van der Waals surface area contributed by atoms with Crippen molar-refractivity contribution in [2.75, 3.05) is 13.1 Å². The van der Waals surface area contributed by atoms with Crippen LogP contribution in [-0.4, -0.2) is 29.0 Å². The first-order valence-corrected chi connectivity index (χ1v) is 8.68. The number of hydrogen-bond acceptors (Lipinski definition) is 1. The van der Waals surface area contributed by atoms with Crippen LogP contribution in [-0.2, 0) is 6.42 Å². The highest BCUT2D eigenvalue weighted by molar-refractivity contribution is 5.85. The van der Waals surface area contributed by atoms with Crippen molar-refractivity contribution in [1.82, 2.24) is 9.88 Å². The molecule has 1 unspecified atom stereocenters. The van der Waals surface area contributed by atoms with Crippen molar-refractivity contribution in [2.24, 2.45) is 11.8 Å². The number of nitrogens with zero attached hydrogens (tertiary/aromatic N) is 1. The van der Waals surface area contributed by atoms with E-state index in [4.69, 9.17) is 0 Å². The summed E-state index contributed by atoms with van der Waals surface area (Å²) in [7, 11) is 0. The third-order valence-electron chi connectivity index (χ3n) is 6.42. The van der Waals surface area contributed by atoms with Crippen molar-refractivity contribution >= 4 is 10.9 Å². The van der Waals surface area contributed by atoms with Gasteiger partial charge in [0.1, 0.15) is 0 Å². The summed E-state index contributed by atoms with van der Waals surface area (Å²) in [5.41, 5.74) is 4.57. The lowest BCUT2D eigenvalue weighted by atomic mass is 9.65. The Labute approximate surface area is 126 Å². The number of piperidine rings is 2. The molecule has 1 N–H and O–H groups in total. The highest BCUT2D eigenvalue weighted by atomic mass is 15.2. The lowest BCUT2D eigenvalue weighted by Gasteiger charge is -2.53. The second kappa shape index (κ2) is 4.36. The normalized spacial score (nSPS) is 37.5. The first kappa shape index (κ1) is 12.3. The van der Waals surface area contributed by atoms with Crippen LogP contribution in [0, 0.1) is 11.8 Å². The highest BCUT2D eigenvalue weighted by Crippen LogP contribution is 2.50. The molecule has 0 spiro atoms. The number of benzene rings is 1. The third-order valence-corrected chi connectivity index (χ3v) is 6.42. The van der Waals surface area contributed by atoms with E-state index >= 15 is 0 Å². The van der Waals surface area contributed by atoms with Crippen molar-refractivity contribution in [3.05, 3.63) is 35.5 Å². The number of para-hydroxylation sites is 1. The van der Waals surface area contributed by atoms with Gasteiger partial charge in [-0.25, -0.2) is 0 Å². The average molecular weight is 280 g/mol. The van der Waals surface area contributed by atoms with Crippen LogP contribution in [0.1, 0.15) is 43.4 Å². The topological polar surface area (TPSA) is 19.0 Å². The third kappa shape index (κ3) is 1.63. The molecule has 2 nitrogen and oxygen atoms in total. The number of aromatic nitrogens is 1. The molecule has 2 saturated heterocycles. The summed E-state index contributed by atoms with van der Waals surface area (Å²) in [5.74, 6) is 2.61. The number of hydrogen-bond donors (Lipinski definition) is 1. The molecular formula is C19H24N2. The zero-order valence-electron chi connectivity index (χ0n) is 12.8. The maximum Gasteiger partial charge on any atom is 0.0459 e. The zero-order valence-corrected chi connectivity index (χ0v) is 12.8. The van der Waals surface area contributed by atoms with Gasteiger partial charge in [-0.1, -0.05) is 31.5 Å². The fraction of sp³-hybridized carbons (Fsp3) is 0.579. The molecule has 0 amide bonds. The summed E-state index contributed by atoms with van der Waals surface area (Å²) in [5, 5.41) is 1.48. The fourth-order valence-corrected chi connectivity index (χ4v) is 5.65. The molecule has 1 aromatic carbocycles. The molecule has 1 aliphatic carbocycles. The molecule has 3 fully saturated rings. The van der Waals surface area contributed by atoms with Gasteiger partial charge in [-0.05, 0) is 42.7 Å². The van der Waals surface area contributed by atoms with E-state index in [-0.39, 0.29) is 0 Å². The summed E-state index contributed by atoms with van der Waals surface area (Å²) in [6.07, 6.45) is 5.47. The van der Waals surface area contributed by atoms with E-state index in [0.29, 0.717) is 0 Å². The van der Waals surface area contributed by atoms with Crippen LogP contribution in [0.4, 0.5) is 0 Å². The van der Waals surface area contributed by atoms with E-state index in [9.17, 15) is 0 Å². The molecule has 4 aliphatic rings. The van der Waals surface area contributed by atoms with Crippen molar-refractivity contribution in [3.8, 4) is 0 Å². The van der Waals surface area contributed by atoms with Crippen LogP contribution in [0.2, 0.25) is 0 Å². The maximum atomic E-state index is 3.81. The van der Waals surface area contributed by atoms with Crippen LogP contribution >= 0.6 is 0 Å². The Balaban J connectivity index is 1.69. The van der Waals surface area contributed by atoms with Gasteiger partial charge in [-0.15, -0.1) is 0 Å². The van der Waals surface area contributed by atoms with Gasteiger partial charge in [0.25, 0.3) is 0 Å². The van der Waals surface area contributed by atoms with Crippen molar-refractivity contribution < 1.29 is 0 Å². The Kier molecular flexibility index (Phi) is 2.55. The Morgan fingerprint density at radius 1 is 1.24 bits per heavy atom. The Hall–Kier alpha value is -1.28. The molecule has 21 heavy (non-hydrogen) atoms. The van der Waals surface area contributed by atoms with Gasteiger partial charge in [0.2, 0.25) is 0 Å².